The first-order valence-electron chi connectivity index (χ1n) is 5.58. The van der Waals surface area contributed by atoms with E-state index in [9.17, 15) is 13.6 Å². The van der Waals surface area contributed by atoms with Crippen molar-refractivity contribution >= 4 is 11.8 Å². The lowest BCUT2D eigenvalue weighted by Crippen LogP contribution is -2.14. The van der Waals surface area contributed by atoms with Crippen molar-refractivity contribution in [3.8, 4) is 0 Å². The zero-order valence-corrected chi connectivity index (χ0v) is 9.90. The molecular formula is C14H11F2NO2. The third-order valence-corrected chi connectivity index (χ3v) is 2.40. The Morgan fingerprint density at radius 1 is 1.05 bits per heavy atom. The molecule has 98 valence electrons. The van der Waals surface area contributed by atoms with Gasteiger partial charge in [0, 0.05) is 0 Å². The SMILES string of the molecule is O=C(Nc1cccc(F)c1F)OCc1ccccc1. The number of anilines is 1. The smallest absolute Gasteiger partial charge is 0.412 e. The Balaban J connectivity index is 1.93. The Hall–Kier alpha value is -2.43. The Morgan fingerprint density at radius 2 is 1.79 bits per heavy atom. The number of benzene rings is 2. The van der Waals surface area contributed by atoms with E-state index in [2.05, 4.69) is 5.32 Å². The summed E-state index contributed by atoms with van der Waals surface area (Å²) in [7, 11) is 0. The summed E-state index contributed by atoms with van der Waals surface area (Å²) in [5.41, 5.74) is 0.551. The number of carbonyl (C=O) groups excluding carboxylic acids is 1. The standard InChI is InChI=1S/C14H11F2NO2/c15-11-7-4-8-12(13(11)16)17-14(18)19-9-10-5-2-1-3-6-10/h1-8H,9H2,(H,17,18). The molecule has 0 unspecified atom stereocenters. The van der Waals surface area contributed by atoms with Crippen molar-refractivity contribution < 1.29 is 18.3 Å². The number of amides is 1. The van der Waals surface area contributed by atoms with E-state index in [-0.39, 0.29) is 12.3 Å². The molecule has 0 bridgehead atoms. The van der Waals surface area contributed by atoms with Crippen LogP contribution in [0.3, 0.4) is 0 Å². The molecule has 19 heavy (non-hydrogen) atoms. The predicted octanol–water partition coefficient (Wildman–Crippen LogP) is 3.71. The molecule has 0 heterocycles. The Bertz CT molecular complexity index is 573. The highest BCUT2D eigenvalue weighted by molar-refractivity contribution is 5.84. The van der Waals surface area contributed by atoms with E-state index in [1.165, 1.54) is 12.1 Å². The van der Waals surface area contributed by atoms with Gasteiger partial charge in [0.05, 0.1) is 5.69 Å². The highest BCUT2D eigenvalue weighted by Crippen LogP contribution is 2.16. The third-order valence-electron chi connectivity index (χ3n) is 2.40. The van der Waals surface area contributed by atoms with Gasteiger partial charge in [-0.2, -0.15) is 0 Å². The molecule has 0 aliphatic rings. The Kier molecular flexibility index (Phi) is 4.07. The molecular weight excluding hydrogens is 252 g/mol. The summed E-state index contributed by atoms with van der Waals surface area (Å²) >= 11 is 0. The number of hydrogen-bond acceptors (Lipinski definition) is 2. The highest BCUT2D eigenvalue weighted by Gasteiger charge is 2.11. The van der Waals surface area contributed by atoms with Crippen LogP contribution < -0.4 is 5.32 Å². The van der Waals surface area contributed by atoms with Crippen LogP contribution >= 0.6 is 0 Å². The second-order valence-corrected chi connectivity index (χ2v) is 3.79. The minimum Gasteiger partial charge on any atom is -0.444 e. The molecule has 2 aromatic carbocycles. The predicted molar refractivity (Wildman–Crippen MR) is 66.6 cm³/mol. The first-order chi connectivity index (χ1) is 9.16. The number of nitrogens with one attached hydrogen (secondary N) is 1. The molecule has 2 aromatic rings. The van der Waals surface area contributed by atoms with Gasteiger partial charge >= 0.3 is 6.09 Å². The molecule has 0 aliphatic carbocycles. The van der Waals surface area contributed by atoms with Crippen LogP contribution in [-0.2, 0) is 11.3 Å². The van der Waals surface area contributed by atoms with Crippen molar-refractivity contribution in [3.63, 3.8) is 0 Å². The van der Waals surface area contributed by atoms with Gasteiger partial charge in [-0.25, -0.2) is 13.6 Å². The molecule has 0 fully saturated rings. The van der Waals surface area contributed by atoms with Crippen molar-refractivity contribution in [3.05, 3.63) is 65.7 Å². The number of rotatable bonds is 3. The summed E-state index contributed by atoms with van der Waals surface area (Å²) in [6.07, 6.45) is -0.839. The molecule has 0 saturated heterocycles. The van der Waals surface area contributed by atoms with E-state index in [1.54, 1.807) is 12.1 Å². The maximum absolute atomic E-state index is 13.3. The first-order valence-corrected chi connectivity index (χ1v) is 5.58. The second kappa shape index (κ2) is 5.95. The van der Waals surface area contributed by atoms with Gasteiger partial charge in [-0.3, -0.25) is 5.32 Å². The van der Waals surface area contributed by atoms with Gasteiger partial charge in [0.1, 0.15) is 6.61 Å². The first kappa shape index (κ1) is 13.0. The molecule has 0 aromatic heterocycles. The van der Waals surface area contributed by atoms with Crippen LogP contribution in [0.2, 0.25) is 0 Å². The molecule has 0 spiro atoms. The summed E-state index contributed by atoms with van der Waals surface area (Å²) in [6.45, 7) is 0.0591. The zero-order chi connectivity index (χ0) is 13.7. The van der Waals surface area contributed by atoms with Crippen molar-refractivity contribution in [1.29, 1.82) is 0 Å². The average Bonchev–Trinajstić information content (AvgIpc) is 2.43. The number of hydrogen-bond donors (Lipinski definition) is 1. The lowest BCUT2D eigenvalue weighted by atomic mass is 10.2. The van der Waals surface area contributed by atoms with Crippen LogP contribution in [0.1, 0.15) is 5.56 Å². The van der Waals surface area contributed by atoms with Crippen LogP contribution in [0.25, 0.3) is 0 Å². The van der Waals surface area contributed by atoms with Crippen molar-refractivity contribution in [2.75, 3.05) is 5.32 Å². The topological polar surface area (TPSA) is 38.3 Å². The lowest BCUT2D eigenvalue weighted by molar-refractivity contribution is 0.155. The second-order valence-electron chi connectivity index (χ2n) is 3.79. The fourth-order valence-electron chi connectivity index (χ4n) is 1.47. The monoisotopic (exact) mass is 263 g/mol. The lowest BCUT2D eigenvalue weighted by Gasteiger charge is -2.08. The Morgan fingerprint density at radius 3 is 2.53 bits per heavy atom. The van der Waals surface area contributed by atoms with Crippen LogP contribution in [0.5, 0.6) is 0 Å². The number of ether oxygens (including phenoxy) is 1. The van der Waals surface area contributed by atoms with E-state index in [0.717, 1.165) is 11.6 Å². The third kappa shape index (κ3) is 3.51. The van der Waals surface area contributed by atoms with E-state index in [0.29, 0.717) is 0 Å². The van der Waals surface area contributed by atoms with Crippen LogP contribution in [0.15, 0.2) is 48.5 Å². The molecule has 0 radical (unpaired) electrons. The van der Waals surface area contributed by atoms with Gasteiger partial charge in [-0.05, 0) is 17.7 Å². The molecule has 5 heteroatoms. The number of halogens is 2. The van der Waals surface area contributed by atoms with Gasteiger partial charge in [0.25, 0.3) is 0 Å². The van der Waals surface area contributed by atoms with E-state index in [1.807, 2.05) is 18.2 Å². The maximum atomic E-state index is 13.3. The van der Waals surface area contributed by atoms with E-state index >= 15 is 0 Å². The highest BCUT2D eigenvalue weighted by atomic mass is 19.2. The molecule has 1 N–H and O–H groups in total. The van der Waals surface area contributed by atoms with Crippen molar-refractivity contribution in [2.24, 2.45) is 0 Å². The zero-order valence-electron chi connectivity index (χ0n) is 9.90. The molecule has 0 atom stereocenters. The van der Waals surface area contributed by atoms with Crippen LogP contribution in [-0.4, -0.2) is 6.09 Å². The maximum Gasteiger partial charge on any atom is 0.412 e. The van der Waals surface area contributed by atoms with Gasteiger partial charge < -0.3 is 4.74 Å². The normalized spacial score (nSPS) is 10.0. The van der Waals surface area contributed by atoms with E-state index in [4.69, 9.17) is 4.74 Å². The largest absolute Gasteiger partial charge is 0.444 e. The number of carbonyl (C=O) groups is 1. The van der Waals surface area contributed by atoms with Crippen LogP contribution in [0.4, 0.5) is 19.3 Å². The average molecular weight is 263 g/mol. The van der Waals surface area contributed by atoms with Gasteiger partial charge in [0.15, 0.2) is 11.6 Å². The fourth-order valence-corrected chi connectivity index (χ4v) is 1.47. The molecule has 0 saturated carbocycles. The van der Waals surface area contributed by atoms with Crippen molar-refractivity contribution in [2.45, 2.75) is 6.61 Å². The minimum absolute atomic E-state index is 0.0591. The van der Waals surface area contributed by atoms with Gasteiger partial charge in [-0.15, -0.1) is 0 Å². The summed E-state index contributed by atoms with van der Waals surface area (Å²) in [6, 6.07) is 12.5. The molecule has 2 rings (SSSR count). The summed E-state index contributed by atoms with van der Waals surface area (Å²) < 4.78 is 31.1. The van der Waals surface area contributed by atoms with Crippen LogP contribution in [0, 0.1) is 11.6 Å². The minimum atomic E-state index is -1.11. The molecule has 1 amide bonds. The summed E-state index contributed by atoms with van der Waals surface area (Å²) in [5.74, 6) is -2.14. The Labute approximate surface area is 108 Å². The fraction of sp³-hybridized carbons (Fsp3) is 0.0714. The molecule has 3 nitrogen and oxygen atoms in total. The molecule has 0 aliphatic heterocycles. The summed E-state index contributed by atoms with van der Waals surface area (Å²) in [4.78, 5) is 11.4. The van der Waals surface area contributed by atoms with Gasteiger partial charge in [-0.1, -0.05) is 36.4 Å². The summed E-state index contributed by atoms with van der Waals surface area (Å²) in [5, 5.41) is 2.15. The van der Waals surface area contributed by atoms with Crippen molar-refractivity contribution in [1.82, 2.24) is 0 Å². The van der Waals surface area contributed by atoms with E-state index < -0.39 is 17.7 Å². The van der Waals surface area contributed by atoms with Gasteiger partial charge in [0.2, 0.25) is 0 Å². The quantitative estimate of drug-likeness (QED) is 0.916.